The molecule has 1 aliphatic rings. The SMILES string of the molecule is Cc1cc(-n2c(C(C)(C)CC#N)c(C3CC(O)(C(=O)O)C3)c3nc4[nH]ncc4cc32)ccc1F. The summed E-state index contributed by atoms with van der Waals surface area (Å²) in [6.45, 7) is 5.60. The van der Waals surface area contributed by atoms with Crippen molar-refractivity contribution in [2.45, 2.75) is 57.0 Å². The Bertz CT molecular complexity index is 1500. The number of aryl methyl sites for hydroxylation is 1. The average Bonchev–Trinajstić information content (AvgIpc) is 3.33. The van der Waals surface area contributed by atoms with E-state index in [0.29, 0.717) is 22.4 Å². The van der Waals surface area contributed by atoms with Crippen LogP contribution in [-0.2, 0) is 10.2 Å². The fraction of sp³-hybridized carbons (Fsp3) is 0.360. The molecule has 4 aromatic rings. The predicted octanol–water partition coefficient (Wildman–Crippen LogP) is 4.23. The van der Waals surface area contributed by atoms with E-state index in [0.717, 1.165) is 22.2 Å². The summed E-state index contributed by atoms with van der Waals surface area (Å²) in [6, 6.07) is 9.05. The highest BCUT2D eigenvalue weighted by Crippen LogP contribution is 2.51. The van der Waals surface area contributed by atoms with Crippen molar-refractivity contribution in [3.05, 3.63) is 53.1 Å². The zero-order valence-corrected chi connectivity index (χ0v) is 19.1. The molecule has 0 spiro atoms. The number of nitrogens with one attached hydrogen (secondary N) is 1. The largest absolute Gasteiger partial charge is 0.479 e. The smallest absolute Gasteiger partial charge is 0.335 e. The number of H-pyrrole nitrogens is 1. The molecule has 0 amide bonds. The maximum Gasteiger partial charge on any atom is 0.335 e. The molecule has 1 aliphatic carbocycles. The molecule has 34 heavy (non-hydrogen) atoms. The first kappa shape index (κ1) is 22.0. The first-order chi connectivity index (χ1) is 16.1. The van der Waals surface area contributed by atoms with Crippen LogP contribution in [0.25, 0.3) is 27.8 Å². The second-order valence-corrected chi connectivity index (χ2v) is 9.86. The first-order valence-electron chi connectivity index (χ1n) is 11.0. The molecule has 0 atom stereocenters. The van der Waals surface area contributed by atoms with Gasteiger partial charge in [0.05, 0.1) is 23.3 Å². The molecular formula is C25H24FN5O3. The Balaban J connectivity index is 1.87. The molecule has 3 N–H and O–H groups in total. The molecule has 5 rings (SSSR count). The zero-order valence-electron chi connectivity index (χ0n) is 19.1. The second kappa shape index (κ2) is 7.37. The highest BCUT2D eigenvalue weighted by atomic mass is 19.1. The molecule has 1 fully saturated rings. The number of fused-ring (bicyclic) bond motifs is 2. The number of hydrogen-bond acceptors (Lipinski definition) is 5. The number of aromatic nitrogens is 4. The molecule has 3 heterocycles. The highest BCUT2D eigenvalue weighted by molar-refractivity contribution is 5.94. The lowest BCUT2D eigenvalue weighted by atomic mass is 9.66. The summed E-state index contributed by atoms with van der Waals surface area (Å²) in [5.74, 6) is -1.84. The fourth-order valence-corrected chi connectivity index (χ4v) is 5.10. The van der Waals surface area contributed by atoms with Crippen molar-refractivity contribution in [2.75, 3.05) is 0 Å². The summed E-state index contributed by atoms with van der Waals surface area (Å²) in [5.41, 5.74) is 2.36. The van der Waals surface area contributed by atoms with Crippen LogP contribution in [0, 0.1) is 24.1 Å². The van der Waals surface area contributed by atoms with Crippen LogP contribution in [0.3, 0.4) is 0 Å². The summed E-state index contributed by atoms with van der Waals surface area (Å²) in [6.07, 6.45) is 1.96. The number of benzene rings is 1. The van der Waals surface area contributed by atoms with E-state index in [-0.39, 0.29) is 31.0 Å². The molecule has 0 radical (unpaired) electrons. The predicted molar refractivity (Wildman–Crippen MR) is 123 cm³/mol. The maximum atomic E-state index is 14.1. The van der Waals surface area contributed by atoms with E-state index in [2.05, 4.69) is 16.3 Å². The summed E-state index contributed by atoms with van der Waals surface area (Å²) >= 11 is 0. The van der Waals surface area contributed by atoms with Gasteiger partial charge in [0, 0.05) is 34.2 Å². The quantitative estimate of drug-likeness (QED) is 0.408. The Kier molecular flexibility index (Phi) is 4.78. The van der Waals surface area contributed by atoms with Crippen molar-refractivity contribution >= 4 is 28.0 Å². The highest BCUT2D eigenvalue weighted by Gasteiger charge is 2.52. The van der Waals surface area contributed by atoms with Crippen molar-refractivity contribution in [1.29, 1.82) is 5.26 Å². The van der Waals surface area contributed by atoms with Crippen LogP contribution in [0.15, 0.2) is 30.5 Å². The number of rotatable bonds is 5. The Morgan fingerprint density at radius 1 is 1.38 bits per heavy atom. The Morgan fingerprint density at radius 2 is 2.12 bits per heavy atom. The second-order valence-electron chi connectivity index (χ2n) is 9.86. The summed E-state index contributed by atoms with van der Waals surface area (Å²) in [7, 11) is 0. The van der Waals surface area contributed by atoms with Crippen molar-refractivity contribution in [3.8, 4) is 11.8 Å². The standard InChI is InChI=1S/C25H24FN5O3/c1-13-8-16(4-5-17(13)26)31-18-9-14-12-28-30-22(14)29-20(18)19(21(31)24(2,3)6-7-27)15-10-25(34,11-15)23(32)33/h4-5,8-9,12,15,34H,6,10-11H2,1-3H3,(H,32,33)(H,28,29,30). The van der Waals surface area contributed by atoms with E-state index in [4.69, 9.17) is 4.98 Å². The molecule has 8 nitrogen and oxygen atoms in total. The van der Waals surface area contributed by atoms with Crippen LogP contribution in [-0.4, -0.2) is 41.5 Å². The van der Waals surface area contributed by atoms with Gasteiger partial charge in [-0.3, -0.25) is 5.10 Å². The molecule has 1 aromatic carbocycles. The Labute approximate surface area is 194 Å². The fourth-order valence-electron chi connectivity index (χ4n) is 5.10. The molecule has 1 saturated carbocycles. The summed E-state index contributed by atoms with van der Waals surface area (Å²) < 4.78 is 16.1. The number of carboxylic acids is 1. The number of carbonyl (C=O) groups is 1. The molecule has 0 bridgehead atoms. The number of carboxylic acid groups (broad SMARTS) is 1. The van der Waals surface area contributed by atoms with E-state index in [1.54, 1.807) is 25.3 Å². The zero-order chi connectivity index (χ0) is 24.4. The average molecular weight is 461 g/mol. The van der Waals surface area contributed by atoms with Crippen LogP contribution in [0.1, 0.15) is 55.8 Å². The Hall–Kier alpha value is -3.77. The van der Waals surface area contributed by atoms with Gasteiger partial charge in [-0.05, 0) is 55.5 Å². The van der Waals surface area contributed by atoms with E-state index in [1.165, 1.54) is 6.07 Å². The van der Waals surface area contributed by atoms with E-state index in [9.17, 15) is 24.7 Å². The number of aromatic amines is 1. The molecule has 9 heteroatoms. The normalized spacial score (nSPS) is 20.4. The Morgan fingerprint density at radius 3 is 2.76 bits per heavy atom. The monoisotopic (exact) mass is 461 g/mol. The topological polar surface area (TPSA) is 128 Å². The van der Waals surface area contributed by atoms with Crippen molar-refractivity contribution in [3.63, 3.8) is 0 Å². The number of aliphatic carboxylic acids is 1. The van der Waals surface area contributed by atoms with Crippen molar-refractivity contribution in [2.24, 2.45) is 0 Å². The number of nitrogens with zero attached hydrogens (tertiary/aromatic N) is 4. The molecular weight excluding hydrogens is 437 g/mol. The van der Waals surface area contributed by atoms with Crippen LogP contribution in [0.2, 0.25) is 0 Å². The molecule has 3 aromatic heterocycles. The minimum atomic E-state index is -1.79. The van der Waals surface area contributed by atoms with Gasteiger partial charge in [0.2, 0.25) is 0 Å². The summed E-state index contributed by atoms with van der Waals surface area (Å²) in [4.78, 5) is 16.4. The van der Waals surface area contributed by atoms with Gasteiger partial charge in [-0.1, -0.05) is 13.8 Å². The number of halogens is 1. The van der Waals surface area contributed by atoms with Gasteiger partial charge in [0.15, 0.2) is 11.2 Å². The van der Waals surface area contributed by atoms with Crippen LogP contribution < -0.4 is 0 Å². The van der Waals surface area contributed by atoms with Gasteiger partial charge in [0.25, 0.3) is 0 Å². The van der Waals surface area contributed by atoms with Crippen LogP contribution >= 0.6 is 0 Å². The molecule has 174 valence electrons. The molecule has 0 unspecified atom stereocenters. The summed E-state index contributed by atoms with van der Waals surface area (Å²) in [5, 5.41) is 37.3. The maximum absolute atomic E-state index is 14.1. The first-order valence-corrected chi connectivity index (χ1v) is 11.0. The lowest BCUT2D eigenvalue weighted by Crippen LogP contribution is -2.49. The van der Waals surface area contributed by atoms with Crippen molar-refractivity contribution in [1.82, 2.24) is 19.7 Å². The van der Waals surface area contributed by atoms with E-state index in [1.807, 2.05) is 24.5 Å². The van der Waals surface area contributed by atoms with Gasteiger partial charge >= 0.3 is 5.97 Å². The van der Waals surface area contributed by atoms with Gasteiger partial charge in [-0.2, -0.15) is 10.4 Å². The minimum Gasteiger partial charge on any atom is -0.479 e. The number of aliphatic hydroxyl groups is 1. The lowest BCUT2D eigenvalue weighted by Gasteiger charge is -2.41. The third-order valence-corrected chi connectivity index (χ3v) is 6.92. The number of pyridine rings is 1. The number of nitriles is 1. The minimum absolute atomic E-state index is 0.0439. The van der Waals surface area contributed by atoms with Gasteiger partial charge < -0.3 is 14.8 Å². The van der Waals surface area contributed by atoms with Crippen LogP contribution in [0.4, 0.5) is 4.39 Å². The molecule has 0 saturated heterocycles. The van der Waals surface area contributed by atoms with Gasteiger partial charge in [-0.15, -0.1) is 0 Å². The third-order valence-electron chi connectivity index (χ3n) is 6.92. The van der Waals surface area contributed by atoms with Gasteiger partial charge in [-0.25, -0.2) is 14.2 Å². The lowest BCUT2D eigenvalue weighted by molar-refractivity contribution is -0.169. The third kappa shape index (κ3) is 3.17. The number of hydrogen-bond donors (Lipinski definition) is 3. The van der Waals surface area contributed by atoms with Gasteiger partial charge in [0.1, 0.15) is 5.82 Å². The van der Waals surface area contributed by atoms with Crippen LogP contribution in [0.5, 0.6) is 0 Å². The van der Waals surface area contributed by atoms with E-state index >= 15 is 0 Å². The molecule has 0 aliphatic heterocycles. The van der Waals surface area contributed by atoms with E-state index < -0.39 is 17.0 Å². The van der Waals surface area contributed by atoms with Crippen molar-refractivity contribution < 1.29 is 19.4 Å².